The monoisotopic (exact) mass is 558 g/mol. The van der Waals surface area contributed by atoms with E-state index in [1.807, 2.05) is 86.6 Å². The second kappa shape index (κ2) is 11.8. The quantitative estimate of drug-likeness (QED) is 0.123. The summed E-state index contributed by atoms with van der Waals surface area (Å²) >= 11 is 0. The molecule has 2 heterocycles. The molecule has 2 aromatic heterocycles. The average molecular weight is 559 g/mol. The van der Waals surface area contributed by atoms with Gasteiger partial charge >= 0.3 is 0 Å². The maximum Gasteiger partial charge on any atom is 0.129 e. The van der Waals surface area contributed by atoms with Gasteiger partial charge in [0.15, 0.2) is 0 Å². The van der Waals surface area contributed by atoms with E-state index in [0.29, 0.717) is 0 Å². The Labute approximate surface area is 244 Å². The lowest BCUT2D eigenvalue weighted by atomic mass is 9.92. The van der Waals surface area contributed by atoms with Crippen LogP contribution in [0.25, 0.3) is 0 Å². The minimum atomic E-state index is -1.48. The topological polar surface area (TPSA) is 72.0 Å². The average Bonchev–Trinajstić information content (AvgIpc) is 3.64. The van der Waals surface area contributed by atoms with Crippen LogP contribution in [0.1, 0.15) is 74.3 Å². The minimum Gasteiger partial charge on any atom is -0.382 e. The normalized spacial score (nSPS) is 13.7. The Balaban J connectivity index is 1.51. The summed E-state index contributed by atoms with van der Waals surface area (Å²) < 4.78 is 0. The van der Waals surface area contributed by atoms with E-state index in [-0.39, 0.29) is 5.92 Å². The fraction of sp³-hybridized carbons (Fsp3) is 0.222. The number of aliphatic hydroxyl groups is 2. The molecule has 5 aromatic rings. The predicted octanol–water partition coefficient (Wildman–Crippen LogP) is 7.53. The summed E-state index contributed by atoms with van der Waals surface area (Å²) in [5, 5.41) is 22.2. The summed E-state index contributed by atoms with van der Waals surface area (Å²) in [4.78, 5) is 7.01. The van der Waals surface area contributed by atoms with Gasteiger partial charge in [0.2, 0.25) is 0 Å². The van der Waals surface area contributed by atoms with Crippen molar-refractivity contribution in [3.8, 4) is 11.5 Å². The first-order valence-electron chi connectivity index (χ1n) is 14.1. The predicted molar refractivity (Wildman–Crippen MR) is 170 cm³/mol. The van der Waals surface area contributed by atoms with Crippen LogP contribution in [0.2, 0.25) is 19.6 Å². The van der Waals surface area contributed by atoms with Gasteiger partial charge in [0.1, 0.15) is 20.3 Å². The van der Waals surface area contributed by atoms with E-state index >= 15 is 0 Å². The molecule has 0 saturated heterocycles. The molecule has 0 radical (unpaired) electrons. The van der Waals surface area contributed by atoms with Crippen LogP contribution >= 0.6 is 0 Å². The van der Waals surface area contributed by atoms with Gasteiger partial charge in [0, 0.05) is 28.3 Å². The zero-order chi connectivity index (χ0) is 29.1. The number of rotatable bonds is 7. The molecule has 0 aliphatic rings. The number of aromatic nitrogens is 2. The third-order valence-electron chi connectivity index (χ3n) is 7.29. The van der Waals surface area contributed by atoms with Gasteiger partial charge in [-0.2, -0.15) is 0 Å². The second-order valence-electron chi connectivity index (χ2n) is 11.9. The summed E-state index contributed by atoms with van der Waals surface area (Å²) in [6.45, 7) is 10.8. The minimum absolute atomic E-state index is 0.160. The summed E-state index contributed by atoms with van der Waals surface area (Å²) in [5.74, 6) is 3.18. The second-order valence-corrected chi connectivity index (χ2v) is 16.7. The first kappa shape index (κ1) is 28.4. The van der Waals surface area contributed by atoms with Gasteiger partial charge in [-0.25, -0.2) is 0 Å². The van der Waals surface area contributed by atoms with Gasteiger partial charge < -0.3 is 20.2 Å². The highest BCUT2D eigenvalue weighted by Crippen LogP contribution is 2.34. The number of H-pyrrole nitrogens is 2. The first-order chi connectivity index (χ1) is 19.6. The Morgan fingerprint density at radius 1 is 0.537 bits per heavy atom. The molecule has 2 unspecified atom stereocenters. The molecule has 0 spiro atoms. The van der Waals surface area contributed by atoms with Crippen molar-refractivity contribution in [2.75, 3.05) is 0 Å². The van der Waals surface area contributed by atoms with Crippen molar-refractivity contribution >= 4 is 8.07 Å². The van der Waals surface area contributed by atoms with Gasteiger partial charge in [-0.3, -0.25) is 0 Å². The Morgan fingerprint density at radius 2 is 0.927 bits per heavy atom. The lowest BCUT2D eigenvalue weighted by Gasteiger charge is -2.17. The standard InChI is InChI=1S/C36H38N2O2Si/c1-24-6-12-28(13-7-24)35(39)32-20-18-30(37-32)34(27-16-10-26(11-17-27)22-23-41(3,4)5)31-19-21-33(38-31)36(40)29-14-8-25(2)9-15-29/h6-21,34-40H,1-5H3. The van der Waals surface area contributed by atoms with Crippen molar-refractivity contribution in [2.24, 2.45) is 0 Å². The summed E-state index contributed by atoms with van der Waals surface area (Å²) in [6.07, 6.45) is -1.52. The molecule has 3 aromatic carbocycles. The lowest BCUT2D eigenvalue weighted by molar-refractivity contribution is 0.216. The molecule has 5 heteroatoms. The Kier molecular flexibility index (Phi) is 8.19. The molecule has 4 N–H and O–H groups in total. The van der Waals surface area contributed by atoms with Crippen LogP contribution in [0.15, 0.2) is 97.1 Å². The van der Waals surface area contributed by atoms with Gasteiger partial charge in [-0.1, -0.05) is 97.4 Å². The fourth-order valence-electron chi connectivity index (χ4n) is 4.92. The highest BCUT2D eigenvalue weighted by Gasteiger charge is 2.23. The van der Waals surface area contributed by atoms with Crippen LogP contribution in [-0.2, 0) is 0 Å². The van der Waals surface area contributed by atoms with Crippen LogP contribution < -0.4 is 0 Å². The molecule has 0 bridgehead atoms. The third-order valence-corrected chi connectivity index (χ3v) is 8.16. The molecule has 0 aliphatic heterocycles. The van der Waals surface area contributed by atoms with E-state index in [0.717, 1.165) is 56.2 Å². The van der Waals surface area contributed by atoms with Crippen molar-refractivity contribution in [3.05, 3.63) is 153 Å². The van der Waals surface area contributed by atoms with E-state index < -0.39 is 20.3 Å². The number of aromatic amines is 2. The highest BCUT2D eigenvalue weighted by atomic mass is 28.3. The molecular formula is C36H38N2O2Si. The number of nitrogens with one attached hydrogen (secondary N) is 2. The summed E-state index contributed by atoms with van der Waals surface area (Å²) in [6, 6.07) is 32.2. The zero-order valence-corrected chi connectivity index (χ0v) is 25.4. The molecule has 0 aliphatic carbocycles. The zero-order valence-electron chi connectivity index (χ0n) is 24.4. The molecule has 4 nitrogen and oxygen atoms in total. The number of aryl methyl sites for hydroxylation is 2. The molecule has 5 rings (SSSR count). The van der Waals surface area contributed by atoms with Crippen LogP contribution in [-0.4, -0.2) is 28.3 Å². The fourth-order valence-corrected chi connectivity index (χ4v) is 5.44. The van der Waals surface area contributed by atoms with Crippen molar-refractivity contribution in [1.82, 2.24) is 9.97 Å². The number of benzene rings is 3. The van der Waals surface area contributed by atoms with E-state index in [4.69, 9.17) is 0 Å². The van der Waals surface area contributed by atoms with Crippen molar-refractivity contribution in [1.29, 1.82) is 0 Å². The maximum absolute atomic E-state index is 11.1. The van der Waals surface area contributed by atoms with Crippen LogP contribution in [0.4, 0.5) is 0 Å². The molecule has 0 amide bonds. The lowest BCUT2D eigenvalue weighted by Crippen LogP contribution is -2.16. The summed E-state index contributed by atoms with van der Waals surface area (Å²) in [5.41, 5.74) is 12.9. The van der Waals surface area contributed by atoms with Crippen molar-refractivity contribution < 1.29 is 10.2 Å². The third kappa shape index (κ3) is 6.81. The number of hydrogen-bond acceptors (Lipinski definition) is 2. The van der Waals surface area contributed by atoms with Crippen LogP contribution in [0.3, 0.4) is 0 Å². The molecule has 208 valence electrons. The summed E-state index contributed by atoms with van der Waals surface area (Å²) in [7, 11) is -1.48. The molecule has 2 atom stereocenters. The molecule has 0 saturated carbocycles. The highest BCUT2D eigenvalue weighted by molar-refractivity contribution is 6.83. The molecular weight excluding hydrogens is 520 g/mol. The van der Waals surface area contributed by atoms with E-state index in [9.17, 15) is 10.2 Å². The Morgan fingerprint density at radius 3 is 1.34 bits per heavy atom. The first-order valence-corrected chi connectivity index (χ1v) is 17.6. The largest absolute Gasteiger partial charge is 0.382 e. The van der Waals surface area contributed by atoms with E-state index in [2.05, 4.69) is 65.3 Å². The maximum atomic E-state index is 11.1. The van der Waals surface area contributed by atoms with Crippen molar-refractivity contribution in [2.45, 2.75) is 51.6 Å². The smallest absolute Gasteiger partial charge is 0.129 e. The Hall–Kier alpha value is -4.08. The van der Waals surface area contributed by atoms with E-state index in [1.165, 1.54) is 0 Å². The van der Waals surface area contributed by atoms with Crippen molar-refractivity contribution in [3.63, 3.8) is 0 Å². The van der Waals surface area contributed by atoms with Gasteiger partial charge in [-0.05, 0) is 66.9 Å². The van der Waals surface area contributed by atoms with E-state index in [1.54, 1.807) is 0 Å². The van der Waals surface area contributed by atoms with Gasteiger partial charge in [0.25, 0.3) is 0 Å². The van der Waals surface area contributed by atoms with Gasteiger partial charge in [-0.15, -0.1) is 5.54 Å². The molecule has 0 fully saturated rings. The number of aliphatic hydroxyl groups excluding tert-OH is 2. The SMILES string of the molecule is Cc1ccc(C(O)c2ccc(C(c3ccc(C#C[Si](C)(C)C)cc3)c3ccc(C(O)c4ccc(C)cc4)[nH]3)[nH]2)cc1. The van der Waals surface area contributed by atoms with Gasteiger partial charge in [0.05, 0.1) is 5.92 Å². The van der Waals surface area contributed by atoms with Crippen LogP contribution in [0, 0.1) is 25.3 Å². The Bertz CT molecular complexity index is 1570. The van der Waals surface area contributed by atoms with Crippen LogP contribution in [0.5, 0.6) is 0 Å². The number of hydrogen-bond donors (Lipinski definition) is 4. The molecule has 41 heavy (non-hydrogen) atoms.